The molecule has 1 N–H and O–H groups in total. The molecule has 152 valence electrons. The van der Waals surface area contributed by atoms with Gasteiger partial charge in [0.2, 0.25) is 10.3 Å². The number of β-lactam (4-membered cyclic amide) rings is 1. The second-order valence-corrected chi connectivity index (χ2v) is 8.51. The van der Waals surface area contributed by atoms with Crippen LogP contribution in [0, 0.1) is 5.41 Å². The zero-order chi connectivity index (χ0) is 21.2. The number of fused-ring (bicyclic) bond motifs is 1. The summed E-state index contributed by atoms with van der Waals surface area (Å²) in [4.78, 5) is 25.8. The van der Waals surface area contributed by atoms with Gasteiger partial charge >= 0.3 is 6.09 Å². The molecule has 6 nitrogen and oxygen atoms in total. The molecule has 1 heterocycles. The number of carbonyl (C=O) groups is 2. The van der Waals surface area contributed by atoms with Crippen LogP contribution in [0.1, 0.15) is 13.8 Å². The molecule has 2 amide bonds. The van der Waals surface area contributed by atoms with E-state index in [0.717, 1.165) is 27.4 Å². The predicted molar refractivity (Wildman–Crippen MR) is 117 cm³/mol. The second kappa shape index (κ2) is 8.52. The third-order valence-electron chi connectivity index (χ3n) is 4.95. The van der Waals surface area contributed by atoms with Gasteiger partial charge < -0.3 is 14.6 Å². The molecule has 29 heavy (non-hydrogen) atoms. The Labute approximate surface area is 178 Å². The highest BCUT2D eigenvalue weighted by Gasteiger charge is 2.64. The molecule has 3 atom stereocenters. The van der Waals surface area contributed by atoms with E-state index in [1.165, 1.54) is 13.0 Å². The molecular formula is C21H21NO5S2. The summed E-state index contributed by atoms with van der Waals surface area (Å²) >= 11 is 6.37. The lowest BCUT2D eigenvalue weighted by Gasteiger charge is -2.52. The molecule has 1 aliphatic rings. The van der Waals surface area contributed by atoms with Crippen molar-refractivity contribution in [3.8, 4) is 5.75 Å². The molecule has 1 saturated heterocycles. The van der Waals surface area contributed by atoms with Crippen LogP contribution >= 0.6 is 24.0 Å². The first-order chi connectivity index (χ1) is 13.8. The van der Waals surface area contributed by atoms with Crippen molar-refractivity contribution in [1.29, 1.82) is 0 Å². The Kier molecular flexibility index (Phi) is 6.26. The Hall–Kier alpha value is -2.42. The lowest BCUT2D eigenvalue weighted by Crippen LogP contribution is -2.71. The molecule has 2 aromatic rings. The third-order valence-corrected chi connectivity index (χ3v) is 6.52. The minimum absolute atomic E-state index is 0.0244. The van der Waals surface area contributed by atoms with Crippen LogP contribution in [0.25, 0.3) is 10.8 Å². The number of nitrogens with zero attached hydrogens (tertiary/aromatic N) is 1. The molecule has 0 radical (unpaired) electrons. The van der Waals surface area contributed by atoms with Crippen LogP contribution in [0.15, 0.2) is 55.1 Å². The fraction of sp³-hybridized carbons (Fsp3) is 0.286. The Morgan fingerprint density at radius 2 is 2.07 bits per heavy atom. The van der Waals surface area contributed by atoms with Crippen LogP contribution in [0.3, 0.4) is 0 Å². The highest BCUT2D eigenvalue weighted by atomic mass is 32.2. The van der Waals surface area contributed by atoms with E-state index in [1.54, 1.807) is 13.0 Å². The normalized spacial score (nSPS) is 22.0. The van der Waals surface area contributed by atoms with Gasteiger partial charge in [-0.3, -0.25) is 4.79 Å². The van der Waals surface area contributed by atoms with E-state index in [2.05, 4.69) is 6.58 Å². The number of ether oxygens (including phenoxy) is 2. The standard InChI is InChI=1S/C21H21NO5S2/c1-4-11-26-19(25)22-17(24)21(3,13(2)23)18(22)29-20(28)27-16-10-9-14-7-5-6-8-15(14)12-16/h4-10,12-13,18,23H,1,11H2,2-3H3. The van der Waals surface area contributed by atoms with Crippen molar-refractivity contribution in [2.45, 2.75) is 25.3 Å². The van der Waals surface area contributed by atoms with Gasteiger partial charge in [-0.25, -0.2) is 9.69 Å². The second-order valence-electron chi connectivity index (χ2n) is 6.83. The summed E-state index contributed by atoms with van der Waals surface area (Å²) in [6, 6.07) is 13.4. The molecule has 3 unspecified atom stereocenters. The molecule has 0 bridgehead atoms. The average Bonchev–Trinajstić information content (AvgIpc) is 2.70. The molecule has 0 aliphatic carbocycles. The molecule has 0 saturated carbocycles. The minimum Gasteiger partial charge on any atom is -0.445 e. The van der Waals surface area contributed by atoms with Crippen LogP contribution < -0.4 is 4.74 Å². The molecule has 1 aliphatic heterocycles. The highest BCUT2D eigenvalue weighted by Crippen LogP contribution is 2.48. The number of thioether (sulfide) groups is 1. The first-order valence-electron chi connectivity index (χ1n) is 8.95. The number of aliphatic hydroxyl groups is 1. The molecule has 2 aromatic carbocycles. The van der Waals surface area contributed by atoms with Crippen molar-refractivity contribution < 1.29 is 24.2 Å². The summed E-state index contributed by atoms with van der Waals surface area (Å²) in [5.74, 6) is 0.0268. The van der Waals surface area contributed by atoms with Gasteiger partial charge in [0.25, 0.3) is 0 Å². The van der Waals surface area contributed by atoms with Crippen LogP contribution in [0.2, 0.25) is 0 Å². The molecule has 8 heteroatoms. The molecule has 3 rings (SSSR count). The van der Waals surface area contributed by atoms with E-state index in [0.29, 0.717) is 5.75 Å². The Morgan fingerprint density at radius 3 is 2.72 bits per heavy atom. The van der Waals surface area contributed by atoms with E-state index in [-0.39, 0.29) is 11.0 Å². The Bertz CT molecular complexity index is 976. The summed E-state index contributed by atoms with van der Waals surface area (Å²) in [6.07, 6.45) is -0.385. The smallest absolute Gasteiger partial charge is 0.417 e. The molecule has 0 spiro atoms. The van der Waals surface area contributed by atoms with Crippen molar-refractivity contribution in [2.75, 3.05) is 6.61 Å². The first kappa shape index (κ1) is 21.3. The lowest BCUT2D eigenvalue weighted by atomic mass is 9.76. The fourth-order valence-corrected chi connectivity index (χ4v) is 4.58. The van der Waals surface area contributed by atoms with Gasteiger partial charge in [0.05, 0.1) is 6.10 Å². The number of benzene rings is 2. The SMILES string of the molecule is C=CCOC(=O)N1C(=O)C(C)(C(C)O)C1SC(=S)Oc1ccc2ccccc2c1. The van der Waals surface area contributed by atoms with Gasteiger partial charge in [-0.1, -0.05) is 43.0 Å². The van der Waals surface area contributed by atoms with Gasteiger partial charge in [-0.2, -0.15) is 0 Å². The molecule has 0 aromatic heterocycles. The van der Waals surface area contributed by atoms with Crippen LogP contribution in [0.5, 0.6) is 5.75 Å². The van der Waals surface area contributed by atoms with Crippen molar-refractivity contribution in [3.63, 3.8) is 0 Å². The van der Waals surface area contributed by atoms with Crippen molar-refractivity contribution in [1.82, 2.24) is 4.90 Å². The third kappa shape index (κ3) is 4.01. The number of imide groups is 1. The number of rotatable bonds is 5. The summed E-state index contributed by atoms with van der Waals surface area (Å²) in [7, 11) is 0. The van der Waals surface area contributed by atoms with Crippen molar-refractivity contribution in [3.05, 3.63) is 55.1 Å². The highest BCUT2D eigenvalue weighted by molar-refractivity contribution is 8.23. The summed E-state index contributed by atoms with van der Waals surface area (Å²) in [5.41, 5.74) is -1.19. The van der Waals surface area contributed by atoms with Crippen LogP contribution in [0.4, 0.5) is 4.79 Å². The van der Waals surface area contributed by atoms with Crippen LogP contribution in [-0.4, -0.2) is 44.5 Å². The van der Waals surface area contributed by atoms with Crippen molar-refractivity contribution in [2.24, 2.45) is 5.41 Å². The maximum atomic E-state index is 12.6. The number of carbonyl (C=O) groups excluding carboxylic acids is 2. The Balaban J connectivity index is 1.76. The largest absolute Gasteiger partial charge is 0.445 e. The number of amides is 2. The van der Waals surface area contributed by atoms with E-state index >= 15 is 0 Å². The quantitative estimate of drug-likeness (QED) is 0.434. The number of aliphatic hydroxyl groups excluding tert-OH is 1. The number of likely N-dealkylation sites (tertiary alicyclic amines) is 1. The first-order valence-corrected chi connectivity index (χ1v) is 10.2. The Morgan fingerprint density at radius 1 is 1.38 bits per heavy atom. The lowest BCUT2D eigenvalue weighted by molar-refractivity contribution is -0.168. The van der Waals surface area contributed by atoms with E-state index in [4.69, 9.17) is 21.7 Å². The molecular weight excluding hydrogens is 410 g/mol. The van der Waals surface area contributed by atoms with Gasteiger partial charge in [0.1, 0.15) is 23.1 Å². The predicted octanol–water partition coefficient (Wildman–Crippen LogP) is 4.11. The monoisotopic (exact) mass is 431 g/mol. The van der Waals surface area contributed by atoms with Gasteiger partial charge in [-0.05, 0) is 60.7 Å². The van der Waals surface area contributed by atoms with Gasteiger partial charge in [0.15, 0.2) is 0 Å². The number of hydrogen-bond acceptors (Lipinski definition) is 7. The zero-order valence-corrected chi connectivity index (χ0v) is 17.7. The van der Waals surface area contributed by atoms with E-state index < -0.39 is 28.9 Å². The van der Waals surface area contributed by atoms with Gasteiger partial charge in [-0.15, -0.1) is 0 Å². The topological polar surface area (TPSA) is 76.1 Å². The summed E-state index contributed by atoms with van der Waals surface area (Å²) in [6.45, 7) is 6.55. The van der Waals surface area contributed by atoms with Gasteiger partial charge in [0, 0.05) is 0 Å². The maximum absolute atomic E-state index is 12.6. The summed E-state index contributed by atoms with van der Waals surface area (Å²) in [5, 5.41) is 11.5. The summed E-state index contributed by atoms with van der Waals surface area (Å²) < 4.78 is 10.9. The molecule has 1 fully saturated rings. The number of thiocarbonyl (C=S) groups is 1. The minimum atomic E-state index is -1.19. The average molecular weight is 432 g/mol. The maximum Gasteiger partial charge on any atom is 0.417 e. The fourth-order valence-electron chi connectivity index (χ4n) is 3.05. The van der Waals surface area contributed by atoms with Crippen LogP contribution in [-0.2, 0) is 9.53 Å². The number of hydrogen-bond donors (Lipinski definition) is 1. The van der Waals surface area contributed by atoms with E-state index in [1.807, 2.05) is 36.4 Å². The zero-order valence-electron chi connectivity index (χ0n) is 16.0. The van der Waals surface area contributed by atoms with Crippen molar-refractivity contribution >= 4 is 51.1 Å². The van der Waals surface area contributed by atoms with E-state index in [9.17, 15) is 14.7 Å².